The number of carbonyl (C=O) groups excluding carboxylic acids is 1. The summed E-state index contributed by atoms with van der Waals surface area (Å²) in [6, 6.07) is 6.84. The summed E-state index contributed by atoms with van der Waals surface area (Å²) in [4.78, 5) is 17.8. The van der Waals surface area contributed by atoms with Gasteiger partial charge < -0.3 is 14.4 Å². The minimum Gasteiger partial charge on any atom is -0.490 e. The molecule has 1 aromatic heterocycles. The highest BCUT2D eigenvalue weighted by atomic mass is 32.2. The van der Waals surface area contributed by atoms with Gasteiger partial charge in [0.15, 0.2) is 11.5 Å². The zero-order valence-corrected chi connectivity index (χ0v) is 20.1. The summed E-state index contributed by atoms with van der Waals surface area (Å²) in [5.74, 6) is 1.08. The van der Waals surface area contributed by atoms with Gasteiger partial charge in [0.2, 0.25) is 15.9 Å². The van der Waals surface area contributed by atoms with Crippen LogP contribution in [0.3, 0.4) is 0 Å². The lowest BCUT2D eigenvalue weighted by molar-refractivity contribution is -0.131. The minimum absolute atomic E-state index is 0.0389. The van der Waals surface area contributed by atoms with Crippen molar-refractivity contribution in [1.82, 2.24) is 14.1 Å². The summed E-state index contributed by atoms with van der Waals surface area (Å²) in [6.45, 7) is 5.72. The van der Waals surface area contributed by atoms with E-state index in [1.165, 1.54) is 14.7 Å². The topological polar surface area (TPSA) is 79.4 Å². The van der Waals surface area contributed by atoms with Crippen LogP contribution in [-0.4, -0.2) is 81.4 Å². The number of likely N-dealkylation sites (N-methyl/N-ethyl adjacent to an activating group) is 1. The Labute approximate surface area is 193 Å². The number of hydrogen-bond donors (Lipinski definition) is 0. The summed E-state index contributed by atoms with van der Waals surface area (Å²) >= 11 is 1.65. The Morgan fingerprint density at radius 2 is 1.81 bits per heavy atom. The highest BCUT2D eigenvalue weighted by molar-refractivity contribution is 7.89. The fourth-order valence-electron chi connectivity index (χ4n) is 3.76. The number of aryl methyl sites for hydroxylation is 1. The normalized spacial score (nSPS) is 17.7. The maximum absolute atomic E-state index is 13.1. The summed E-state index contributed by atoms with van der Waals surface area (Å²) in [7, 11) is -1.83. The Hall–Kier alpha value is -2.14. The molecule has 4 rings (SSSR count). The van der Waals surface area contributed by atoms with Crippen molar-refractivity contribution in [3.8, 4) is 11.5 Å². The third kappa shape index (κ3) is 5.09. The Balaban J connectivity index is 1.33. The van der Waals surface area contributed by atoms with Crippen molar-refractivity contribution in [2.45, 2.75) is 24.8 Å². The van der Waals surface area contributed by atoms with Crippen LogP contribution in [0.1, 0.15) is 16.9 Å². The molecule has 2 aliphatic rings. The molecule has 1 amide bonds. The molecule has 0 bridgehead atoms. The number of thiophene rings is 1. The summed E-state index contributed by atoms with van der Waals surface area (Å²) in [6.07, 6.45) is 0.763. The smallest absolute Gasteiger partial charge is 0.243 e. The Morgan fingerprint density at radius 3 is 2.50 bits per heavy atom. The van der Waals surface area contributed by atoms with Crippen LogP contribution < -0.4 is 9.47 Å². The van der Waals surface area contributed by atoms with Gasteiger partial charge >= 0.3 is 0 Å². The van der Waals surface area contributed by atoms with Crippen molar-refractivity contribution in [3.05, 3.63) is 40.1 Å². The van der Waals surface area contributed by atoms with Gasteiger partial charge in [0, 0.05) is 50.6 Å². The average Bonchev–Trinajstić information content (AvgIpc) is 3.04. The van der Waals surface area contributed by atoms with Crippen molar-refractivity contribution in [2.24, 2.45) is 0 Å². The Morgan fingerprint density at radius 1 is 1.09 bits per heavy atom. The second-order valence-electron chi connectivity index (χ2n) is 8.12. The first-order chi connectivity index (χ1) is 15.3. The van der Waals surface area contributed by atoms with Crippen LogP contribution in [-0.2, 0) is 21.4 Å². The average molecular weight is 480 g/mol. The van der Waals surface area contributed by atoms with E-state index in [0.717, 1.165) is 6.42 Å². The van der Waals surface area contributed by atoms with E-state index in [4.69, 9.17) is 9.47 Å². The molecule has 0 saturated carbocycles. The van der Waals surface area contributed by atoms with Gasteiger partial charge in [-0.1, -0.05) is 0 Å². The number of sulfonamides is 1. The van der Waals surface area contributed by atoms with Gasteiger partial charge in [-0.2, -0.15) is 4.31 Å². The molecule has 0 N–H and O–H groups in total. The van der Waals surface area contributed by atoms with Crippen molar-refractivity contribution >= 4 is 27.3 Å². The molecular formula is C22H29N3O5S2. The number of hydrogen-bond acceptors (Lipinski definition) is 7. The first kappa shape index (κ1) is 23.0. The second-order valence-corrected chi connectivity index (χ2v) is 11.1. The molecule has 1 saturated heterocycles. The lowest BCUT2D eigenvalue weighted by Crippen LogP contribution is -2.51. The fraction of sp³-hybridized carbons (Fsp3) is 0.500. The van der Waals surface area contributed by atoms with E-state index in [1.54, 1.807) is 34.4 Å². The molecule has 174 valence electrons. The number of ether oxygens (including phenoxy) is 2. The number of amides is 1. The molecule has 1 aromatic carbocycles. The Bertz CT molecular complexity index is 1060. The first-order valence-corrected chi connectivity index (χ1v) is 13.1. The van der Waals surface area contributed by atoms with Gasteiger partial charge in [0.25, 0.3) is 0 Å². The number of fused-ring (bicyclic) bond motifs is 1. The van der Waals surface area contributed by atoms with Gasteiger partial charge in [-0.3, -0.25) is 9.69 Å². The predicted octanol–water partition coefficient (Wildman–Crippen LogP) is 2.18. The lowest BCUT2D eigenvalue weighted by atomic mass is 10.3. The van der Waals surface area contributed by atoms with E-state index in [1.807, 2.05) is 24.3 Å². The Kier molecular flexibility index (Phi) is 7.04. The van der Waals surface area contributed by atoms with E-state index in [0.29, 0.717) is 64.0 Å². The van der Waals surface area contributed by atoms with Crippen LogP contribution in [0, 0.1) is 6.92 Å². The van der Waals surface area contributed by atoms with Crippen molar-refractivity contribution in [1.29, 1.82) is 0 Å². The third-order valence-electron chi connectivity index (χ3n) is 5.82. The number of carbonyl (C=O) groups is 1. The van der Waals surface area contributed by atoms with E-state index in [2.05, 4.69) is 6.07 Å². The molecule has 3 heterocycles. The van der Waals surface area contributed by atoms with Gasteiger partial charge in [-0.05, 0) is 36.1 Å². The van der Waals surface area contributed by atoms with Gasteiger partial charge in [-0.25, -0.2) is 8.42 Å². The van der Waals surface area contributed by atoms with Crippen molar-refractivity contribution in [2.75, 3.05) is 53.0 Å². The summed E-state index contributed by atoms with van der Waals surface area (Å²) < 4.78 is 39.0. The zero-order chi connectivity index (χ0) is 22.7. The maximum atomic E-state index is 13.1. The van der Waals surface area contributed by atoms with Gasteiger partial charge in [0.1, 0.15) is 0 Å². The van der Waals surface area contributed by atoms with Gasteiger partial charge in [-0.15, -0.1) is 11.3 Å². The molecule has 8 nitrogen and oxygen atoms in total. The van der Waals surface area contributed by atoms with E-state index < -0.39 is 10.0 Å². The van der Waals surface area contributed by atoms with E-state index >= 15 is 0 Å². The highest BCUT2D eigenvalue weighted by Gasteiger charge is 2.30. The molecule has 10 heteroatoms. The SMILES string of the molecule is Cc1ccsc1CN(C)C(=O)CN1CCN(S(=O)(=O)c2ccc3c(c2)OCCCO3)CC1. The van der Waals surface area contributed by atoms with Crippen LogP contribution in [0.25, 0.3) is 0 Å². The van der Waals surface area contributed by atoms with Crippen LogP contribution in [0.5, 0.6) is 11.5 Å². The van der Waals surface area contributed by atoms with E-state index in [-0.39, 0.29) is 10.8 Å². The molecule has 0 radical (unpaired) electrons. The van der Waals surface area contributed by atoms with Gasteiger partial charge in [0.05, 0.1) is 31.2 Å². The molecule has 2 aromatic rings. The minimum atomic E-state index is -3.64. The molecule has 0 aliphatic carbocycles. The number of rotatable bonds is 6. The van der Waals surface area contributed by atoms with Crippen LogP contribution in [0.15, 0.2) is 34.5 Å². The largest absolute Gasteiger partial charge is 0.490 e. The molecule has 0 atom stereocenters. The summed E-state index contributed by atoms with van der Waals surface area (Å²) in [5.41, 5.74) is 1.20. The third-order valence-corrected chi connectivity index (χ3v) is 8.72. The molecule has 0 unspecified atom stereocenters. The monoisotopic (exact) mass is 479 g/mol. The standard InChI is InChI=1S/C22H29N3O5S2/c1-17-6-13-31-21(17)15-23(2)22(26)16-24-7-9-25(10-8-24)32(27,28)18-4-5-19-20(14-18)30-12-3-11-29-19/h4-6,13-14H,3,7-12,15-16H2,1-2H3. The molecule has 2 aliphatic heterocycles. The van der Waals surface area contributed by atoms with Crippen molar-refractivity contribution in [3.63, 3.8) is 0 Å². The van der Waals surface area contributed by atoms with Crippen molar-refractivity contribution < 1.29 is 22.7 Å². The maximum Gasteiger partial charge on any atom is 0.243 e. The summed E-state index contributed by atoms with van der Waals surface area (Å²) in [5, 5.41) is 2.03. The fourth-order valence-corrected chi connectivity index (χ4v) is 6.16. The van der Waals surface area contributed by atoms with Crippen LogP contribution in [0.4, 0.5) is 0 Å². The zero-order valence-electron chi connectivity index (χ0n) is 18.5. The van der Waals surface area contributed by atoms with Crippen LogP contribution in [0.2, 0.25) is 0 Å². The molecule has 32 heavy (non-hydrogen) atoms. The van der Waals surface area contributed by atoms with Crippen LogP contribution >= 0.6 is 11.3 Å². The number of nitrogens with zero attached hydrogens (tertiary/aromatic N) is 3. The van der Waals surface area contributed by atoms with E-state index in [9.17, 15) is 13.2 Å². The molecule has 0 spiro atoms. The lowest BCUT2D eigenvalue weighted by Gasteiger charge is -2.34. The highest BCUT2D eigenvalue weighted by Crippen LogP contribution is 2.33. The number of benzene rings is 1. The quantitative estimate of drug-likeness (QED) is 0.632. The molecule has 1 fully saturated rings. The predicted molar refractivity (Wildman–Crippen MR) is 123 cm³/mol. The first-order valence-electron chi connectivity index (χ1n) is 10.7. The number of piperazine rings is 1. The second kappa shape index (κ2) is 9.78. The molecular weight excluding hydrogens is 450 g/mol.